The van der Waals surface area contributed by atoms with E-state index < -0.39 is 0 Å². The number of rotatable bonds is 1. The molecule has 3 rings (SSSR count). The van der Waals surface area contributed by atoms with Crippen molar-refractivity contribution in [2.75, 3.05) is 4.90 Å². The van der Waals surface area contributed by atoms with Crippen LogP contribution in [0.15, 0.2) is 18.3 Å². The third-order valence-electron chi connectivity index (χ3n) is 3.88. The molecule has 4 nitrogen and oxygen atoms in total. The minimum atomic E-state index is -0.175. The molecule has 4 heteroatoms. The largest absolute Gasteiger partial charge is 0.393 e. The average Bonchev–Trinajstić information content (AvgIpc) is 2.61. The van der Waals surface area contributed by atoms with Crippen LogP contribution in [0.3, 0.4) is 0 Å². The van der Waals surface area contributed by atoms with E-state index in [1.807, 2.05) is 12.1 Å². The Bertz CT molecular complexity index is 454. The molecular formula is C13H15N3O. The van der Waals surface area contributed by atoms with Crippen molar-refractivity contribution in [2.45, 2.75) is 43.9 Å². The van der Waals surface area contributed by atoms with Crippen LogP contribution in [-0.4, -0.2) is 28.3 Å². The molecule has 17 heavy (non-hydrogen) atoms. The molecule has 0 radical (unpaired) electrons. The number of aromatic nitrogens is 1. The Hall–Kier alpha value is -1.60. The Labute approximate surface area is 101 Å². The van der Waals surface area contributed by atoms with E-state index in [4.69, 9.17) is 5.26 Å². The van der Waals surface area contributed by atoms with Crippen LogP contribution in [-0.2, 0) is 0 Å². The lowest BCUT2D eigenvalue weighted by molar-refractivity contribution is 0.126. The van der Waals surface area contributed by atoms with E-state index in [1.54, 1.807) is 6.20 Å². The average molecular weight is 229 g/mol. The highest BCUT2D eigenvalue weighted by atomic mass is 16.3. The minimum Gasteiger partial charge on any atom is -0.393 e. The summed E-state index contributed by atoms with van der Waals surface area (Å²) in [7, 11) is 0. The number of fused-ring (bicyclic) bond motifs is 2. The molecule has 0 saturated carbocycles. The van der Waals surface area contributed by atoms with E-state index in [9.17, 15) is 5.11 Å². The summed E-state index contributed by atoms with van der Waals surface area (Å²) in [4.78, 5) is 6.43. The molecule has 2 aliphatic rings. The van der Waals surface area contributed by atoms with Crippen molar-refractivity contribution >= 4 is 5.69 Å². The van der Waals surface area contributed by atoms with Crippen molar-refractivity contribution in [1.82, 2.24) is 4.98 Å². The Balaban J connectivity index is 1.98. The van der Waals surface area contributed by atoms with E-state index in [2.05, 4.69) is 16.0 Å². The topological polar surface area (TPSA) is 60.2 Å². The fourth-order valence-electron chi connectivity index (χ4n) is 3.23. The normalized spacial score (nSPS) is 31.3. The molecule has 2 aliphatic heterocycles. The Morgan fingerprint density at radius 1 is 1.35 bits per heavy atom. The Morgan fingerprint density at radius 2 is 2.06 bits per heavy atom. The number of nitriles is 1. The molecular weight excluding hydrogens is 214 g/mol. The number of piperidine rings is 1. The van der Waals surface area contributed by atoms with Gasteiger partial charge in [-0.2, -0.15) is 5.26 Å². The molecule has 1 aromatic heterocycles. The first-order valence-corrected chi connectivity index (χ1v) is 6.11. The maximum absolute atomic E-state index is 9.77. The van der Waals surface area contributed by atoms with Crippen LogP contribution >= 0.6 is 0 Å². The summed E-state index contributed by atoms with van der Waals surface area (Å²) in [6.45, 7) is 0. The van der Waals surface area contributed by atoms with Gasteiger partial charge >= 0.3 is 0 Å². The van der Waals surface area contributed by atoms with Gasteiger partial charge in [0, 0.05) is 18.3 Å². The van der Waals surface area contributed by atoms with E-state index in [0.29, 0.717) is 17.8 Å². The lowest BCUT2D eigenvalue weighted by atomic mass is 9.99. The highest BCUT2D eigenvalue weighted by molar-refractivity contribution is 5.58. The van der Waals surface area contributed by atoms with Gasteiger partial charge in [-0.3, -0.25) is 0 Å². The quantitative estimate of drug-likeness (QED) is 0.791. The second-order valence-electron chi connectivity index (χ2n) is 4.90. The van der Waals surface area contributed by atoms with Crippen molar-refractivity contribution in [2.24, 2.45) is 0 Å². The molecule has 2 unspecified atom stereocenters. The van der Waals surface area contributed by atoms with Gasteiger partial charge in [0.1, 0.15) is 6.07 Å². The monoisotopic (exact) mass is 229 g/mol. The van der Waals surface area contributed by atoms with Crippen LogP contribution in [0.1, 0.15) is 31.4 Å². The van der Waals surface area contributed by atoms with Crippen molar-refractivity contribution in [3.63, 3.8) is 0 Å². The van der Waals surface area contributed by atoms with Gasteiger partial charge in [0.25, 0.3) is 0 Å². The fraction of sp³-hybridized carbons (Fsp3) is 0.538. The number of aliphatic hydroxyl groups excluding tert-OH is 1. The maximum atomic E-state index is 9.77. The predicted octanol–water partition coefficient (Wildman–Crippen LogP) is 1.45. The molecule has 0 amide bonds. The van der Waals surface area contributed by atoms with Crippen LogP contribution in [0, 0.1) is 11.3 Å². The number of pyridine rings is 1. The second kappa shape index (κ2) is 4.01. The minimum absolute atomic E-state index is 0.175. The van der Waals surface area contributed by atoms with Gasteiger partial charge in [0.05, 0.1) is 11.8 Å². The number of nitrogens with zero attached hydrogens (tertiary/aromatic N) is 3. The Morgan fingerprint density at radius 3 is 2.71 bits per heavy atom. The molecule has 2 fully saturated rings. The molecule has 2 bridgehead atoms. The van der Waals surface area contributed by atoms with Gasteiger partial charge in [-0.1, -0.05) is 0 Å². The highest BCUT2D eigenvalue weighted by Crippen LogP contribution is 2.39. The number of anilines is 1. The molecule has 3 heterocycles. The number of aliphatic hydroxyl groups is 1. The van der Waals surface area contributed by atoms with Gasteiger partial charge in [-0.25, -0.2) is 4.98 Å². The number of hydrogen-bond acceptors (Lipinski definition) is 4. The lowest BCUT2D eigenvalue weighted by Crippen LogP contribution is -2.45. The fourth-order valence-corrected chi connectivity index (χ4v) is 3.23. The maximum Gasteiger partial charge on any atom is 0.163 e. The van der Waals surface area contributed by atoms with Gasteiger partial charge in [0.15, 0.2) is 5.69 Å². The van der Waals surface area contributed by atoms with E-state index >= 15 is 0 Å². The van der Waals surface area contributed by atoms with Gasteiger partial charge in [0.2, 0.25) is 0 Å². The van der Waals surface area contributed by atoms with Crippen molar-refractivity contribution in [3.05, 3.63) is 24.0 Å². The molecule has 1 aromatic rings. The van der Waals surface area contributed by atoms with Gasteiger partial charge in [-0.15, -0.1) is 0 Å². The van der Waals surface area contributed by atoms with Crippen molar-refractivity contribution in [1.29, 1.82) is 5.26 Å². The van der Waals surface area contributed by atoms with Gasteiger partial charge in [-0.05, 0) is 37.8 Å². The van der Waals surface area contributed by atoms with Crippen LogP contribution in [0.5, 0.6) is 0 Å². The summed E-state index contributed by atoms with van der Waals surface area (Å²) >= 11 is 0. The zero-order chi connectivity index (χ0) is 11.8. The highest BCUT2D eigenvalue weighted by Gasteiger charge is 2.41. The zero-order valence-electron chi connectivity index (χ0n) is 9.58. The standard InChI is InChI=1S/C13H15N3O/c14-8-12-13(2-1-5-15-12)16-9-3-4-10(16)7-11(17)6-9/h1-2,5,9-11,17H,3-4,6-7H2. The lowest BCUT2D eigenvalue weighted by Gasteiger charge is -2.39. The third-order valence-corrected chi connectivity index (χ3v) is 3.88. The summed E-state index contributed by atoms with van der Waals surface area (Å²) in [6, 6.07) is 6.75. The molecule has 1 N–H and O–H groups in total. The first-order valence-electron chi connectivity index (χ1n) is 6.11. The van der Waals surface area contributed by atoms with Crippen LogP contribution < -0.4 is 4.90 Å². The van der Waals surface area contributed by atoms with E-state index in [-0.39, 0.29) is 6.10 Å². The van der Waals surface area contributed by atoms with Crippen molar-refractivity contribution in [3.8, 4) is 6.07 Å². The molecule has 0 aromatic carbocycles. The first kappa shape index (κ1) is 10.5. The molecule has 2 atom stereocenters. The summed E-state index contributed by atoms with van der Waals surface area (Å²) in [5.41, 5.74) is 1.44. The molecule has 0 aliphatic carbocycles. The van der Waals surface area contributed by atoms with Crippen molar-refractivity contribution < 1.29 is 5.11 Å². The van der Waals surface area contributed by atoms with Crippen LogP contribution in [0.2, 0.25) is 0 Å². The summed E-state index contributed by atoms with van der Waals surface area (Å²) in [5.74, 6) is 0. The molecule has 0 spiro atoms. The van der Waals surface area contributed by atoms with Gasteiger partial charge < -0.3 is 10.0 Å². The molecule has 88 valence electrons. The summed E-state index contributed by atoms with van der Waals surface area (Å²) in [6.07, 6.45) is 5.34. The SMILES string of the molecule is N#Cc1ncccc1N1C2CCC1CC(O)C2. The predicted molar refractivity (Wildman–Crippen MR) is 63.5 cm³/mol. The Kier molecular flexibility index (Phi) is 2.49. The zero-order valence-corrected chi connectivity index (χ0v) is 9.58. The van der Waals surface area contributed by atoms with E-state index in [1.165, 1.54) is 0 Å². The smallest absolute Gasteiger partial charge is 0.163 e. The second-order valence-corrected chi connectivity index (χ2v) is 4.90. The van der Waals surface area contributed by atoms with E-state index in [0.717, 1.165) is 31.4 Å². The molecule has 2 saturated heterocycles. The van der Waals surface area contributed by atoms with Crippen LogP contribution in [0.25, 0.3) is 0 Å². The first-order chi connectivity index (χ1) is 8.29. The number of hydrogen-bond donors (Lipinski definition) is 1. The summed E-state index contributed by atoms with van der Waals surface area (Å²) in [5, 5.41) is 18.9. The third kappa shape index (κ3) is 1.67. The van der Waals surface area contributed by atoms with Crippen LogP contribution in [0.4, 0.5) is 5.69 Å². The summed E-state index contributed by atoms with van der Waals surface area (Å²) < 4.78 is 0.